The van der Waals surface area contributed by atoms with Gasteiger partial charge in [0.1, 0.15) is 0 Å². The number of nitrogens with zero attached hydrogens (tertiary/aromatic N) is 1. The Balaban J connectivity index is 1.87. The van der Waals surface area contributed by atoms with E-state index < -0.39 is 0 Å². The highest BCUT2D eigenvalue weighted by molar-refractivity contribution is 5.96. The molecule has 0 aliphatic heterocycles. The van der Waals surface area contributed by atoms with E-state index in [1.807, 2.05) is 18.2 Å². The summed E-state index contributed by atoms with van der Waals surface area (Å²) in [7, 11) is 1.42. The second-order valence-corrected chi connectivity index (χ2v) is 5.81. The van der Waals surface area contributed by atoms with Crippen molar-refractivity contribution in [2.75, 3.05) is 7.11 Å². The number of esters is 1. The van der Waals surface area contributed by atoms with Crippen LogP contribution >= 0.6 is 0 Å². The molecular formula is C18H18N2O2. The topological polar surface area (TPSA) is 47.0 Å². The Kier molecular flexibility index (Phi) is 3.03. The molecule has 1 unspecified atom stereocenters. The fourth-order valence-electron chi connectivity index (χ4n) is 3.54. The van der Waals surface area contributed by atoms with Gasteiger partial charge in [0.25, 0.3) is 0 Å². The number of rotatable bonds is 2. The summed E-state index contributed by atoms with van der Waals surface area (Å²) in [5.74, 6) is -0.283. The summed E-state index contributed by atoms with van der Waals surface area (Å²) in [6.45, 7) is 0. The van der Waals surface area contributed by atoms with Crippen molar-refractivity contribution in [1.82, 2.24) is 9.55 Å². The molecule has 1 atom stereocenters. The summed E-state index contributed by atoms with van der Waals surface area (Å²) in [4.78, 5) is 15.3. The highest BCUT2D eigenvalue weighted by Gasteiger charge is 2.25. The number of nitrogens with one attached hydrogen (secondary N) is 1. The number of aromatic amines is 1. The van der Waals surface area contributed by atoms with Crippen LogP contribution in [0.3, 0.4) is 0 Å². The monoisotopic (exact) mass is 294 g/mol. The summed E-state index contributed by atoms with van der Waals surface area (Å²) < 4.78 is 7.09. The van der Waals surface area contributed by atoms with E-state index in [0.717, 1.165) is 30.2 Å². The van der Waals surface area contributed by atoms with Crippen LogP contribution in [0.4, 0.5) is 0 Å². The average Bonchev–Trinajstić information content (AvgIpc) is 3.20. The highest BCUT2D eigenvalue weighted by Crippen LogP contribution is 2.37. The minimum absolute atomic E-state index is 0.283. The molecule has 0 amide bonds. The van der Waals surface area contributed by atoms with Crippen LogP contribution in [0.1, 0.15) is 40.5 Å². The normalized spacial score (nSPS) is 17.4. The summed E-state index contributed by atoms with van der Waals surface area (Å²) in [6.07, 6.45) is 7.58. The van der Waals surface area contributed by atoms with Gasteiger partial charge in [-0.25, -0.2) is 4.79 Å². The highest BCUT2D eigenvalue weighted by atomic mass is 16.5. The predicted octanol–water partition coefficient (Wildman–Crippen LogP) is 3.68. The number of methoxy groups -OCH3 is 1. The van der Waals surface area contributed by atoms with E-state index in [-0.39, 0.29) is 5.97 Å². The molecule has 2 heterocycles. The van der Waals surface area contributed by atoms with Crippen LogP contribution in [0.2, 0.25) is 0 Å². The SMILES string of the molecule is COC(=O)c1ccc2[nH]c3c(c2c1)CCCC3n1cccc1. The van der Waals surface area contributed by atoms with Gasteiger partial charge in [-0.3, -0.25) is 0 Å². The van der Waals surface area contributed by atoms with Gasteiger partial charge in [-0.15, -0.1) is 0 Å². The Labute approximate surface area is 128 Å². The molecule has 1 aliphatic carbocycles. The molecule has 0 bridgehead atoms. The fraction of sp³-hybridized carbons (Fsp3) is 0.278. The van der Waals surface area contributed by atoms with Gasteiger partial charge in [0, 0.05) is 29.0 Å². The maximum atomic E-state index is 11.8. The molecule has 0 saturated carbocycles. The fourth-order valence-corrected chi connectivity index (χ4v) is 3.54. The summed E-state index contributed by atoms with van der Waals surface area (Å²) in [6, 6.07) is 10.2. The average molecular weight is 294 g/mol. The number of hydrogen-bond acceptors (Lipinski definition) is 2. The van der Waals surface area contributed by atoms with Gasteiger partial charge >= 0.3 is 5.97 Å². The molecule has 2 aromatic heterocycles. The Morgan fingerprint density at radius 1 is 1.32 bits per heavy atom. The lowest BCUT2D eigenvalue weighted by molar-refractivity contribution is 0.0601. The molecule has 1 N–H and O–H groups in total. The summed E-state index contributed by atoms with van der Waals surface area (Å²) in [5.41, 5.74) is 4.32. The number of carbonyl (C=O) groups excluding carboxylic acids is 1. The zero-order valence-corrected chi connectivity index (χ0v) is 12.5. The van der Waals surface area contributed by atoms with Gasteiger partial charge in [-0.2, -0.15) is 0 Å². The maximum Gasteiger partial charge on any atom is 0.337 e. The number of aryl methyl sites for hydroxylation is 1. The van der Waals surface area contributed by atoms with E-state index in [1.165, 1.54) is 18.4 Å². The van der Waals surface area contributed by atoms with Crippen LogP contribution in [0.15, 0.2) is 42.7 Å². The summed E-state index contributed by atoms with van der Waals surface area (Å²) in [5, 5.41) is 1.15. The van der Waals surface area contributed by atoms with E-state index in [4.69, 9.17) is 4.74 Å². The molecule has 0 saturated heterocycles. The maximum absolute atomic E-state index is 11.8. The van der Waals surface area contributed by atoms with Crippen molar-refractivity contribution in [3.05, 3.63) is 59.5 Å². The van der Waals surface area contributed by atoms with Gasteiger partial charge in [0.2, 0.25) is 0 Å². The molecule has 0 fully saturated rings. The molecule has 0 radical (unpaired) electrons. The lowest BCUT2D eigenvalue weighted by Gasteiger charge is -2.24. The van der Waals surface area contributed by atoms with Gasteiger partial charge in [0.15, 0.2) is 0 Å². The smallest absolute Gasteiger partial charge is 0.337 e. The van der Waals surface area contributed by atoms with E-state index in [0.29, 0.717) is 11.6 Å². The van der Waals surface area contributed by atoms with Gasteiger partial charge in [-0.1, -0.05) is 0 Å². The van der Waals surface area contributed by atoms with Crippen molar-refractivity contribution in [2.24, 2.45) is 0 Å². The Morgan fingerprint density at radius 3 is 2.91 bits per heavy atom. The van der Waals surface area contributed by atoms with Crippen LogP contribution in [-0.2, 0) is 11.2 Å². The standard InChI is InChI=1S/C18H18N2O2/c1-22-18(21)12-7-8-15-14(11-12)13-5-4-6-16(17(13)19-15)20-9-2-3-10-20/h2-3,7-11,16,19H,4-6H2,1H3. The van der Waals surface area contributed by atoms with Crippen LogP contribution in [0.5, 0.6) is 0 Å². The molecule has 4 nitrogen and oxygen atoms in total. The molecule has 1 aliphatic rings. The van der Waals surface area contributed by atoms with Crippen LogP contribution in [0, 0.1) is 0 Å². The van der Waals surface area contributed by atoms with E-state index >= 15 is 0 Å². The first-order valence-electron chi connectivity index (χ1n) is 7.63. The van der Waals surface area contributed by atoms with Crippen LogP contribution in [0.25, 0.3) is 10.9 Å². The largest absolute Gasteiger partial charge is 0.465 e. The van der Waals surface area contributed by atoms with E-state index in [1.54, 1.807) is 0 Å². The first kappa shape index (κ1) is 13.2. The second-order valence-electron chi connectivity index (χ2n) is 5.81. The molecule has 1 aromatic carbocycles. The first-order valence-corrected chi connectivity index (χ1v) is 7.63. The number of fused-ring (bicyclic) bond motifs is 3. The number of aromatic nitrogens is 2. The molecule has 22 heavy (non-hydrogen) atoms. The molecule has 4 heteroatoms. The molecule has 3 aromatic rings. The predicted molar refractivity (Wildman–Crippen MR) is 85.1 cm³/mol. The van der Waals surface area contributed by atoms with Crippen molar-refractivity contribution in [3.63, 3.8) is 0 Å². The number of hydrogen-bond donors (Lipinski definition) is 1. The quantitative estimate of drug-likeness (QED) is 0.733. The van der Waals surface area contributed by atoms with Crippen molar-refractivity contribution in [2.45, 2.75) is 25.3 Å². The van der Waals surface area contributed by atoms with Crippen molar-refractivity contribution in [3.8, 4) is 0 Å². The van der Waals surface area contributed by atoms with E-state index in [9.17, 15) is 4.79 Å². The Morgan fingerprint density at radius 2 is 2.14 bits per heavy atom. The number of H-pyrrole nitrogens is 1. The number of benzene rings is 1. The van der Waals surface area contributed by atoms with Crippen LogP contribution in [-0.4, -0.2) is 22.6 Å². The third-order valence-corrected chi connectivity index (χ3v) is 4.59. The van der Waals surface area contributed by atoms with Crippen LogP contribution < -0.4 is 0 Å². The lowest BCUT2D eigenvalue weighted by atomic mass is 9.91. The van der Waals surface area contributed by atoms with Gasteiger partial charge in [-0.05, 0) is 55.2 Å². The van der Waals surface area contributed by atoms with E-state index in [2.05, 4.69) is 34.1 Å². The molecule has 4 rings (SSSR count). The van der Waals surface area contributed by atoms with Crippen molar-refractivity contribution >= 4 is 16.9 Å². The van der Waals surface area contributed by atoms with Gasteiger partial charge in [0.05, 0.1) is 18.7 Å². The van der Waals surface area contributed by atoms with Gasteiger partial charge < -0.3 is 14.3 Å². The summed E-state index contributed by atoms with van der Waals surface area (Å²) >= 11 is 0. The second kappa shape index (κ2) is 5.05. The molecular weight excluding hydrogens is 276 g/mol. The number of ether oxygens (including phenoxy) is 1. The minimum Gasteiger partial charge on any atom is -0.465 e. The Hall–Kier alpha value is -2.49. The van der Waals surface area contributed by atoms with Crippen molar-refractivity contribution in [1.29, 1.82) is 0 Å². The number of carbonyl (C=O) groups is 1. The third kappa shape index (κ3) is 1.95. The zero-order valence-electron chi connectivity index (χ0n) is 12.5. The molecule has 0 spiro atoms. The first-order chi connectivity index (χ1) is 10.8. The zero-order chi connectivity index (χ0) is 15.1. The Bertz CT molecular complexity index is 830. The third-order valence-electron chi connectivity index (χ3n) is 4.59. The minimum atomic E-state index is -0.283. The lowest BCUT2D eigenvalue weighted by Crippen LogP contribution is -2.15. The van der Waals surface area contributed by atoms with Crippen molar-refractivity contribution < 1.29 is 9.53 Å². The molecule has 112 valence electrons.